The van der Waals surface area contributed by atoms with E-state index in [9.17, 15) is 0 Å². The maximum Gasteiger partial charge on any atom is 0.0369 e. The molecule has 0 amide bonds. The van der Waals surface area contributed by atoms with E-state index in [1.165, 1.54) is 30.4 Å². The first-order valence-electron chi connectivity index (χ1n) is 8.87. The third-order valence-corrected chi connectivity index (χ3v) is 4.28. The van der Waals surface area contributed by atoms with E-state index in [0.29, 0.717) is 6.04 Å². The summed E-state index contributed by atoms with van der Waals surface area (Å²) in [5, 5.41) is 3.70. The highest BCUT2D eigenvalue weighted by atomic mass is 15.1. The Morgan fingerprint density at radius 1 is 1.14 bits per heavy atom. The lowest BCUT2D eigenvalue weighted by atomic mass is 10.1. The lowest BCUT2D eigenvalue weighted by Gasteiger charge is -2.28. The molecule has 1 aromatic carbocycles. The summed E-state index contributed by atoms with van der Waals surface area (Å²) in [6, 6.07) is 9.19. The van der Waals surface area contributed by atoms with Crippen LogP contribution in [0.15, 0.2) is 30.8 Å². The third-order valence-electron chi connectivity index (χ3n) is 4.28. The molecule has 22 heavy (non-hydrogen) atoms. The van der Waals surface area contributed by atoms with Gasteiger partial charge in [0.2, 0.25) is 0 Å². The van der Waals surface area contributed by atoms with E-state index >= 15 is 0 Å². The summed E-state index contributed by atoms with van der Waals surface area (Å²) in [6.07, 6.45) is 4.88. The molecule has 0 spiro atoms. The second-order valence-corrected chi connectivity index (χ2v) is 6.10. The van der Waals surface area contributed by atoms with Gasteiger partial charge in [-0.1, -0.05) is 58.0 Å². The number of aryl methyl sites for hydroxylation is 1. The minimum Gasteiger partial charge on any atom is -0.370 e. The quantitative estimate of drug-likeness (QED) is 0.629. The van der Waals surface area contributed by atoms with Crippen LogP contribution in [0.5, 0.6) is 0 Å². The van der Waals surface area contributed by atoms with Crippen LogP contribution >= 0.6 is 0 Å². The number of hydrogen-bond acceptors (Lipinski definition) is 2. The molecule has 0 bridgehead atoms. The Kier molecular flexibility index (Phi) is 8.91. The van der Waals surface area contributed by atoms with Gasteiger partial charge in [0.25, 0.3) is 0 Å². The lowest BCUT2D eigenvalue weighted by molar-refractivity contribution is 0.367. The molecule has 0 saturated carbocycles. The Balaban J connectivity index is 2.61. The molecule has 1 aromatic rings. The molecular formula is C20H34N2. The summed E-state index contributed by atoms with van der Waals surface area (Å²) in [5.74, 6) is 0. The average Bonchev–Trinajstić information content (AvgIpc) is 2.53. The van der Waals surface area contributed by atoms with Crippen molar-refractivity contribution >= 4 is 5.70 Å². The molecule has 0 aliphatic carbocycles. The number of nitrogens with one attached hydrogen (secondary N) is 1. The van der Waals surface area contributed by atoms with Gasteiger partial charge in [-0.25, -0.2) is 0 Å². The Hall–Kier alpha value is -1.28. The van der Waals surface area contributed by atoms with Crippen molar-refractivity contribution < 1.29 is 0 Å². The van der Waals surface area contributed by atoms with Gasteiger partial charge in [-0.05, 0) is 31.7 Å². The summed E-state index contributed by atoms with van der Waals surface area (Å²) in [7, 11) is 0. The molecule has 0 aliphatic rings. The fourth-order valence-electron chi connectivity index (χ4n) is 2.92. The van der Waals surface area contributed by atoms with E-state index in [1.54, 1.807) is 0 Å². The van der Waals surface area contributed by atoms with Gasteiger partial charge >= 0.3 is 0 Å². The third kappa shape index (κ3) is 5.84. The number of rotatable bonds is 11. The molecule has 0 fully saturated rings. The van der Waals surface area contributed by atoms with E-state index < -0.39 is 0 Å². The van der Waals surface area contributed by atoms with Crippen LogP contribution in [0, 0.1) is 6.92 Å². The van der Waals surface area contributed by atoms with Crippen molar-refractivity contribution in [3.8, 4) is 0 Å². The molecule has 2 heteroatoms. The second-order valence-electron chi connectivity index (χ2n) is 6.10. The van der Waals surface area contributed by atoms with E-state index in [-0.39, 0.29) is 0 Å². The molecule has 0 heterocycles. The van der Waals surface area contributed by atoms with Crippen LogP contribution in [-0.4, -0.2) is 30.6 Å². The van der Waals surface area contributed by atoms with Crippen molar-refractivity contribution in [2.45, 2.75) is 59.4 Å². The molecule has 1 atom stereocenters. The van der Waals surface area contributed by atoms with E-state index in [4.69, 9.17) is 0 Å². The lowest BCUT2D eigenvalue weighted by Crippen LogP contribution is -2.36. The highest BCUT2D eigenvalue weighted by Crippen LogP contribution is 2.20. The monoisotopic (exact) mass is 302 g/mol. The smallest absolute Gasteiger partial charge is 0.0369 e. The van der Waals surface area contributed by atoms with E-state index in [0.717, 1.165) is 31.8 Å². The predicted octanol–water partition coefficient (Wildman–Crippen LogP) is 4.85. The van der Waals surface area contributed by atoms with Gasteiger partial charge in [0.15, 0.2) is 0 Å². The van der Waals surface area contributed by atoms with Crippen molar-refractivity contribution in [2.75, 3.05) is 19.6 Å². The largest absolute Gasteiger partial charge is 0.370 e. The molecule has 0 radical (unpaired) electrons. The first kappa shape index (κ1) is 18.8. The van der Waals surface area contributed by atoms with Crippen LogP contribution in [0.2, 0.25) is 0 Å². The SMILES string of the molecule is C=C(c1ccccc1C)N(CCC)CCNC(CC)CCC. The minimum atomic E-state index is 0.653. The van der Waals surface area contributed by atoms with Crippen molar-refractivity contribution in [1.29, 1.82) is 0 Å². The highest BCUT2D eigenvalue weighted by Gasteiger charge is 2.11. The first-order chi connectivity index (χ1) is 10.6. The number of hydrogen-bond donors (Lipinski definition) is 1. The van der Waals surface area contributed by atoms with Crippen LogP contribution in [0.25, 0.3) is 5.70 Å². The molecule has 0 aromatic heterocycles. The molecule has 0 aliphatic heterocycles. The zero-order chi connectivity index (χ0) is 16.4. The van der Waals surface area contributed by atoms with Crippen molar-refractivity contribution in [2.24, 2.45) is 0 Å². The maximum atomic E-state index is 4.36. The summed E-state index contributed by atoms with van der Waals surface area (Å²) < 4.78 is 0. The van der Waals surface area contributed by atoms with Gasteiger partial charge in [-0.2, -0.15) is 0 Å². The zero-order valence-corrected chi connectivity index (χ0v) is 15.0. The Bertz CT molecular complexity index is 439. The molecule has 1 unspecified atom stereocenters. The second kappa shape index (κ2) is 10.4. The molecule has 2 nitrogen and oxygen atoms in total. The van der Waals surface area contributed by atoms with Crippen LogP contribution in [-0.2, 0) is 0 Å². The fraction of sp³-hybridized carbons (Fsp3) is 0.600. The molecule has 124 valence electrons. The van der Waals surface area contributed by atoms with Crippen molar-refractivity contribution in [1.82, 2.24) is 10.2 Å². The Morgan fingerprint density at radius 2 is 1.86 bits per heavy atom. The van der Waals surface area contributed by atoms with Gasteiger partial charge in [-0.15, -0.1) is 0 Å². The molecular weight excluding hydrogens is 268 g/mol. The Labute approximate surface area is 137 Å². The summed E-state index contributed by atoms with van der Waals surface area (Å²) in [6.45, 7) is 16.4. The van der Waals surface area contributed by atoms with E-state index in [2.05, 4.69) is 68.8 Å². The highest BCUT2D eigenvalue weighted by molar-refractivity contribution is 5.64. The maximum absolute atomic E-state index is 4.36. The number of nitrogens with zero attached hydrogens (tertiary/aromatic N) is 1. The average molecular weight is 303 g/mol. The normalized spacial score (nSPS) is 12.2. The topological polar surface area (TPSA) is 15.3 Å². The first-order valence-corrected chi connectivity index (χ1v) is 8.87. The van der Waals surface area contributed by atoms with Gasteiger partial charge < -0.3 is 10.2 Å². The summed E-state index contributed by atoms with van der Waals surface area (Å²) >= 11 is 0. The number of benzene rings is 1. The summed E-state index contributed by atoms with van der Waals surface area (Å²) in [4.78, 5) is 2.42. The fourth-order valence-corrected chi connectivity index (χ4v) is 2.92. The van der Waals surface area contributed by atoms with E-state index in [1.807, 2.05) is 0 Å². The Morgan fingerprint density at radius 3 is 2.45 bits per heavy atom. The predicted molar refractivity (Wildman–Crippen MR) is 99.1 cm³/mol. The molecule has 1 N–H and O–H groups in total. The van der Waals surface area contributed by atoms with Gasteiger partial charge in [-0.3, -0.25) is 0 Å². The van der Waals surface area contributed by atoms with Gasteiger partial charge in [0.1, 0.15) is 0 Å². The standard InChI is InChI=1S/C20H34N2/c1-6-11-19(8-3)21-14-16-22(15-7-2)18(5)20-13-10-9-12-17(20)4/h9-10,12-13,19,21H,5-8,11,14-16H2,1-4H3. The van der Waals surface area contributed by atoms with Crippen LogP contribution in [0.1, 0.15) is 57.6 Å². The van der Waals surface area contributed by atoms with Gasteiger partial charge in [0, 0.05) is 36.9 Å². The van der Waals surface area contributed by atoms with Crippen LogP contribution in [0.3, 0.4) is 0 Å². The van der Waals surface area contributed by atoms with Crippen molar-refractivity contribution in [3.63, 3.8) is 0 Å². The molecule has 1 rings (SSSR count). The van der Waals surface area contributed by atoms with Crippen LogP contribution < -0.4 is 5.32 Å². The van der Waals surface area contributed by atoms with Gasteiger partial charge in [0.05, 0.1) is 0 Å². The zero-order valence-electron chi connectivity index (χ0n) is 15.0. The van der Waals surface area contributed by atoms with Crippen LogP contribution in [0.4, 0.5) is 0 Å². The van der Waals surface area contributed by atoms with Crippen molar-refractivity contribution in [3.05, 3.63) is 42.0 Å². The minimum absolute atomic E-state index is 0.653. The molecule has 0 saturated heterocycles. The summed E-state index contributed by atoms with van der Waals surface area (Å²) in [5.41, 5.74) is 3.74.